The Hall–Kier alpha value is -0.670. The van der Waals surface area contributed by atoms with Crippen molar-refractivity contribution in [2.24, 2.45) is 0 Å². The van der Waals surface area contributed by atoms with Gasteiger partial charge in [-0.3, -0.25) is 4.79 Å². The van der Waals surface area contributed by atoms with E-state index in [1.807, 2.05) is 0 Å². The number of hydrogen-bond donors (Lipinski definition) is 1. The van der Waals surface area contributed by atoms with Crippen molar-refractivity contribution in [2.45, 2.75) is 44.9 Å². The van der Waals surface area contributed by atoms with Crippen LogP contribution in [0.25, 0.3) is 0 Å². The van der Waals surface area contributed by atoms with Crippen molar-refractivity contribution >= 4 is 23.2 Å². The lowest BCUT2D eigenvalue weighted by atomic mass is 9.86. The third-order valence-corrected chi connectivity index (χ3v) is 4.41. The second-order valence-electron chi connectivity index (χ2n) is 4.59. The van der Waals surface area contributed by atoms with Crippen LogP contribution in [0.1, 0.15) is 49.3 Å². The summed E-state index contributed by atoms with van der Waals surface area (Å²) in [5, 5.41) is 10.3. The van der Waals surface area contributed by atoms with Gasteiger partial charge in [-0.2, -0.15) is 0 Å². The molecule has 1 fully saturated rings. The molecule has 0 atom stereocenters. The Balaban J connectivity index is 2.56. The summed E-state index contributed by atoms with van der Waals surface area (Å²) in [6, 6.07) is 0. The molecule has 94 valence electrons. The lowest BCUT2D eigenvalue weighted by Crippen LogP contribution is -2.26. The molecule has 1 N–H and O–H groups in total. The molecule has 0 aromatic carbocycles. The molecule has 5 heteroatoms. The smallest absolute Gasteiger partial charge is 0.302 e. The van der Waals surface area contributed by atoms with E-state index in [1.54, 1.807) is 6.92 Å². The van der Waals surface area contributed by atoms with Crippen molar-refractivity contribution in [3.05, 3.63) is 31.7 Å². The van der Waals surface area contributed by atoms with Crippen LogP contribution in [0.15, 0.2) is 4.79 Å². The molecule has 1 aliphatic carbocycles. The Bertz CT molecular complexity index is 490. The van der Waals surface area contributed by atoms with Crippen LogP contribution in [-0.2, 0) is 0 Å². The molecule has 1 aromatic heterocycles. The van der Waals surface area contributed by atoms with E-state index in [1.165, 1.54) is 6.42 Å². The van der Waals surface area contributed by atoms with Crippen LogP contribution < -0.4 is 5.56 Å². The second kappa shape index (κ2) is 4.91. The molecule has 0 saturated heterocycles. The Kier molecular flexibility index (Phi) is 3.69. The third-order valence-electron chi connectivity index (χ3n) is 3.48. The van der Waals surface area contributed by atoms with Gasteiger partial charge in [-0.1, -0.05) is 42.5 Å². The first kappa shape index (κ1) is 12.8. The topological polar surface area (TPSA) is 42.2 Å². The average Bonchev–Trinajstić information content (AvgIpc) is 2.36. The van der Waals surface area contributed by atoms with Crippen molar-refractivity contribution in [3.8, 4) is 0 Å². The highest BCUT2D eigenvalue weighted by molar-refractivity contribution is 6.36. The maximum atomic E-state index is 11.7. The van der Waals surface area contributed by atoms with Gasteiger partial charge in [-0.05, 0) is 25.3 Å². The second-order valence-corrected chi connectivity index (χ2v) is 5.35. The average molecular weight is 276 g/mol. The molecule has 1 saturated carbocycles. The predicted octanol–water partition coefficient (Wildman–Crippen LogP) is 3.75. The zero-order valence-corrected chi connectivity index (χ0v) is 11.2. The minimum absolute atomic E-state index is 0.00272. The van der Waals surface area contributed by atoms with Gasteiger partial charge in [0.2, 0.25) is 0 Å². The minimum atomic E-state index is -0.575. The fourth-order valence-corrected chi connectivity index (χ4v) is 3.02. The van der Waals surface area contributed by atoms with Gasteiger partial charge in [0.1, 0.15) is 5.02 Å². The molecule has 17 heavy (non-hydrogen) atoms. The standard InChI is InChI=1S/C12H15Cl2NO2/c1-7-9(13)11(8-5-3-2-4-6-8)15(17)12(16)10(7)14/h8,17H,2-6H2,1H3. The molecule has 2 rings (SSSR count). The fraction of sp³-hybridized carbons (Fsp3) is 0.583. The molecule has 0 unspecified atom stereocenters. The molecule has 1 aromatic rings. The maximum absolute atomic E-state index is 11.7. The van der Waals surface area contributed by atoms with Crippen molar-refractivity contribution in [2.75, 3.05) is 0 Å². The predicted molar refractivity (Wildman–Crippen MR) is 68.5 cm³/mol. The van der Waals surface area contributed by atoms with Gasteiger partial charge in [0.05, 0.1) is 10.7 Å². The molecule has 0 spiro atoms. The molecule has 0 amide bonds. The summed E-state index contributed by atoms with van der Waals surface area (Å²) in [5.74, 6) is 0.157. The molecule has 0 bridgehead atoms. The number of hydrogen-bond acceptors (Lipinski definition) is 2. The highest BCUT2D eigenvalue weighted by Gasteiger charge is 2.25. The molecular weight excluding hydrogens is 261 g/mol. The van der Waals surface area contributed by atoms with Gasteiger partial charge >= 0.3 is 5.56 Å². The summed E-state index contributed by atoms with van der Waals surface area (Å²) >= 11 is 12.0. The molecule has 1 heterocycles. The van der Waals surface area contributed by atoms with Crippen LogP contribution >= 0.6 is 23.2 Å². The van der Waals surface area contributed by atoms with Gasteiger partial charge in [0.15, 0.2) is 0 Å². The molecule has 3 nitrogen and oxygen atoms in total. The zero-order valence-electron chi connectivity index (χ0n) is 9.67. The van der Waals surface area contributed by atoms with Gasteiger partial charge < -0.3 is 5.21 Å². The van der Waals surface area contributed by atoms with E-state index in [9.17, 15) is 10.0 Å². The van der Waals surface area contributed by atoms with Gasteiger partial charge in [0.25, 0.3) is 0 Å². The lowest BCUT2D eigenvalue weighted by Gasteiger charge is -2.24. The number of rotatable bonds is 1. The highest BCUT2D eigenvalue weighted by atomic mass is 35.5. The van der Waals surface area contributed by atoms with E-state index in [2.05, 4.69) is 0 Å². The van der Waals surface area contributed by atoms with Gasteiger partial charge in [0, 0.05) is 5.92 Å². The zero-order chi connectivity index (χ0) is 12.6. The number of aromatic nitrogens is 1. The van der Waals surface area contributed by atoms with Gasteiger partial charge in [-0.25, -0.2) is 0 Å². The van der Waals surface area contributed by atoms with Crippen LogP contribution in [-0.4, -0.2) is 9.94 Å². The Labute approximate surface area is 110 Å². The number of pyridine rings is 1. The van der Waals surface area contributed by atoms with Crippen molar-refractivity contribution in [3.63, 3.8) is 0 Å². The molecule has 1 aliphatic rings. The van der Waals surface area contributed by atoms with Crippen LogP contribution in [0.4, 0.5) is 0 Å². The largest absolute Gasteiger partial charge is 0.425 e. The summed E-state index contributed by atoms with van der Waals surface area (Å²) < 4.78 is 0.633. The van der Waals surface area contributed by atoms with Gasteiger partial charge in [-0.15, -0.1) is 4.73 Å². The summed E-state index contributed by atoms with van der Waals surface area (Å²) in [6.45, 7) is 1.71. The van der Waals surface area contributed by atoms with Crippen molar-refractivity contribution < 1.29 is 5.21 Å². The van der Waals surface area contributed by atoms with Crippen LogP contribution in [0.3, 0.4) is 0 Å². The highest BCUT2D eigenvalue weighted by Crippen LogP contribution is 2.37. The van der Waals surface area contributed by atoms with E-state index in [0.717, 1.165) is 25.7 Å². The summed E-state index contributed by atoms with van der Waals surface area (Å²) in [7, 11) is 0. The summed E-state index contributed by atoms with van der Waals surface area (Å²) in [6.07, 6.45) is 5.34. The van der Waals surface area contributed by atoms with Crippen LogP contribution in [0.2, 0.25) is 10.0 Å². The monoisotopic (exact) mass is 275 g/mol. The summed E-state index contributed by atoms with van der Waals surface area (Å²) in [5.41, 5.74) is 0.511. The summed E-state index contributed by atoms with van der Waals surface area (Å²) in [4.78, 5) is 11.7. The van der Waals surface area contributed by atoms with Crippen LogP contribution in [0, 0.1) is 6.92 Å². The van der Waals surface area contributed by atoms with Crippen molar-refractivity contribution in [1.82, 2.24) is 4.73 Å². The molecular formula is C12H15Cl2NO2. The first-order valence-electron chi connectivity index (χ1n) is 5.83. The molecule has 0 radical (unpaired) electrons. The third kappa shape index (κ3) is 2.18. The van der Waals surface area contributed by atoms with E-state index >= 15 is 0 Å². The van der Waals surface area contributed by atoms with E-state index < -0.39 is 5.56 Å². The van der Waals surface area contributed by atoms with E-state index in [0.29, 0.717) is 21.0 Å². The fourth-order valence-electron chi connectivity index (χ4n) is 2.47. The SMILES string of the molecule is Cc1c(Cl)c(C2CCCCC2)n(O)c(=O)c1Cl. The first-order valence-corrected chi connectivity index (χ1v) is 6.59. The normalized spacial score (nSPS) is 17.4. The lowest BCUT2D eigenvalue weighted by molar-refractivity contribution is 0.157. The number of nitrogens with zero attached hydrogens (tertiary/aromatic N) is 1. The Morgan fingerprint density at radius 1 is 1.18 bits per heavy atom. The number of halogens is 2. The minimum Gasteiger partial charge on any atom is -0.425 e. The van der Waals surface area contributed by atoms with E-state index in [4.69, 9.17) is 23.2 Å². The van der Waals surface area contributed by atoms with E-state index in [-0.39, 0.29) is 10.9 Å². The molecule has 0 aliphatic heterocycles. The first-order chi connectivity index (χ1) is 8.04. The Morgan fingerprint density at radius 3 is 2.35 bits per heavy atom. The van der Waals surface area contributed by atoms with Crippen molar-refractivity contribution in [1.29, 1.82) is 0 Å². The van der Waals surface area contributed by atoms with Crippen LogP contribution in [0.5, 0.6) is 0 Å². The Morgan fingerprint density at radius 2 is 1.76 bits per heavy atom. The maximum Gasteiger partial charge on any atom is 0.302 e. The quantitative estimate of drug-likeness (QED) is 0.794.